The van der Waals surface area contributed by atoms with Gasteiger partial charge in [0.1, 0.15) is 16.9 Å². The summed E-state index contributed by atoms with van der Waals surface area (Å²) in [6.07, 6.45) is 8.47. The molecule has 2 aromatic carbocycles. The first kappa shape index (κ1) is 25.2. The van der Waals surface area contributed by atoms with Crippen molar-refractivity contribution in [1.82, 2.24) is 4.98 Å². The Labute approximate surface area is 211 Å². The maximum Gasteiger partial charge on any atom is 0.405 e. The molecule has 7 nitrogen and oxygen atoms in total. The van der Waals surface area contributed by atoms with Crippen LogP contribution in [0.4, 0.5) is 10.5 Å². The molecule has 1 saturated carbocycles. The van der Waals surface area contributed by atoms with Crippen LogP contribution in [0.25, 0.3) is 33.1 Å². The fraction of sp³-hybridized carbons (Fsp3) is 0.345. The Bertz CT molecular complexity index is 1330. The first-order chi connectivity index (χ1) is 17.2. The first-order valence-corrected chi connectivity index (χ1v) is 12.4. The van der Waals surface area contributed by atoms with Gasteiger partial charge in [0.05, 0.1) is 0 Å². The molecule has 36 heavy (non-hydrogen) atoms. The van der Waals surface area contributed by atoms with Gasteiger partial charge in [-0.15, -0.1) is 0 Å². The Morgan fingerprint density at radius 3 is 2.42 bits per heavy atom. The molecule has 0 unspecified atom stereocenters. The van der Waals surface area contributed by atoms with Gasteiger partial charge in [0.15, 0.2) is 0 Å². The maximum atomic E-state index is 12.6. The second kappa shape index (κ2) is 10.8. The van der Waals surface area contributed by atoms with Crippen LogP contribution in [-0.4, -0.2) is 22.6 Å². The van der Waals surface area contributed by atoms with Crippen molar-refractivity contribution in [3.63, 3.8) is 0 Å². The van der Waals surface area contributed by atoms with Crippen LogP contribution in [0.1, 0.15) is 52.9 Å². The van der Waals surface area contributed by atoms with E-state index in [1.807, 2.05) is 60.9 Å². The molecule has 0 radical (unpaired) electrons. The van der Waals surface area contributed by atoms with Crippen LogP contribution in [0.15, 0.2) is 65.3 Å². The number of primary amides is 1. The van der Waals surface area contributed by atoms with E-state index in [0.29, 0.717) is 0 Å². The van der Waals surface area contributed by atoms with E-state index in [0.717, 1.165) is 64.4 Å². The van der Waals surface area contributed by atoms with Crippen LogP contribution in [0.2, 0.25) is 0 Å². The monoisotopic (exact) mass is 487 g/mol. The van der Waals surface area contributed by atoms with E-state index in [-0.39, 0.29) is 11.8 Å². The van der Waals surface area contributed by atoms with Crippen molar-refractivity contribution < 1.29 is 18.7 Å². The predicted molar refractivity (Wildman–Crippen MR) is 143 cm³/mol. The van der Waals surface area contributed by atoms with Crippen LogP contribution in [0.5, 0.6) is 0 Å². The smallest absolute Gasteiger partial charge is 0.405 e. The van der Waals surface area contributed by atoms with Gasteiger partial charge in [-0.2, -0.15) is 0 Å². The number of anilines is 1. The number of furan rings is 1. The van der Waals surface area contributed by atoms with E-state index >= 15 is 0 Å². The molecule has 1 fully saturated rings. The lowest BCUT2D eigenvalue weighted by molar-refractivity contribution is -0.120. The van der Waals surface area contributed by atoms with Crippen LogP contribution in [-0.2, 0) is 9.53 Å². The summed E-state index contributed by atoms with van der Waals surface area (Å²) in [5.41, 5.74) is 6.88. The predicted octanol–water partition coefficient (Wildman–Crippen LogP) is 7.05. The van der Waals surface area contributed by atoms with Crippen LogP contribution < -0.4 is 11.1 Å². The number of pyridine rings is 1. The fourth-order valence-electron chi connectivity index (χ4n) is 4.46. The van der Waals surface area contributed by atoms with Crippen molar-refractivity contribution in [3.8, 4) is 11.3 Å². The van der Waals surface area contributed by atoms with Crippen LogP contribution >= 0.6 is 0 Å². The van der Waals surface area contributed by atoms with Crippen molar-refractivity contribution >= 4 is 39.4 Å². The highest BCUT2D eigenvalue weighted by atomic mass is 16.6. The third kappa shape index (κ3) is 6.42. The third-order valence-corrected chi connectivity index (χ3v) is 6.10. The first-order valence-electron chi connectivity index (χ1n) is 12.4. The summed E-state index contributed by atoms with van der Waals surface area (Å²) in [6.45, 7) is 5.28. The van der Waals surface area contributed by atoms with Crippen molar-refractivity contribution in [2.45, 2.75) is 58.5 Å². The molecular weight excluding hydrogens is 454 g/mol. The summed E-state index contributed by atoms with van der Waals surface area (Å²) >= 11 is 0. The normalized spacial score (nSPS) is 14.2. The summed E-state index contributed by atoms with van der Waals surface area (Å²) in [7, 11) is 0. The molecule has 5 rings (SSSR count). The lowest BCUT2D eigenvalue weighted by Gasteiger charge is -2.20. The largest absolute Gasteiger partial charge is 0.456 e. The molecule has 0 atom stereocenters. The van der Waals surface area contributed by atoms with Crippen molar-refractivity contribution in [2.24, 2.45) is 11.7 Å². The van der Waals surface area contributed by atoms with Gasteiger partial charge >= 0.3 is 6.09 Å². The highest BCUT2D eigenvalue weighted by Gasteiger charge is 2.21. The minimum atomic E-state index is -0.725. The number of carbonyl (C=O) groups excluding carboxylic acids is 2. The van der Waals surface area contributed by atoms with E-state index in [9.17, 15) is 9.59 Å². The molecule has 2 heterocycles. The van der Waals surface area contributed by atoms with Gasteiger partial charge < -0.3 is 20.2 Å². The zero-order valence-electron chi connectivity index (χ0n) is 21.0. The fourth-order valence-corrected chi connectivity index (χ4v) is 4.46. The number of hydrogen-bond acceptors (Lipinski definition) is 5. The molecule has 0 saturated heterocycles. The Hall–Kier alpha value is -3.87. The number of amides is 2. The van der Waals surface area contributed by atoms with Gasteiger partial charge in [0.25, 0.3) is 0 Å². The summed E-state index contributed by atoms with van der Waals surface area (Å²) in [5, 5.41) is 6.23. The summed E-state index contributed by atoms with van der Waals surface area (Å²) in [4.78, 5) is 27.0. The molecule has 0 aliphatic heterocycles. The quantitative estimate of drug-likeness (QED) is 0.322. The minimum absolute atomic E-state index is 0.136. The Balaban J connectivity index is 0.000000331. The van der Waals surface area contributed by atoms with Crippen molar-refractivity contribution in [1.29, 1.82) is 0 Å². The molecule has 2 aromatic heterocycles. The number of ether oxygens (including phenoxy) is 1. The number of carbonyl (C=O) groups is 2. The molecule has 1 aliphatic carbocycles. The molecular formula is C29H33N3O4. The molecule has 2 amide bonds. The van der Waals surface area contributed by atoms with Crippen LogP contribution in [0.3, 0.4) is 0 Å². The SMILES string of the molecule is CC(C)(C)OC(N)=O.O=C(Nc1ccc2cncc(-c3cc4ccccc4o3)c2c1)C1CCCCC1. The standard InChI is InChI=1S/C24H22N2O2.C5H11NO2/c27-24(16-6-2-1-3-7-16)26-19-11-10-18-14-25-15-21(20(18)13-19)23-12-17-8-4-5-9-22(17)28-23;1-5(2,3)8-4(6)7/h4-5,8-16H,1-3,6-7H2,(H,26,27);1-3H3,(H2,6,7). The molecule has 4 aromatic rings. The van der Waals surface area contributed by atoms with Crippen molar-refractivity contribution in [3.05, 3.63) is 60.9 Å². The molecule has 0 bridgehead atoms. The Morgan fingerprint density at radius 1 is 1.00 bits per heavy atom. The van der Waals surface area contributed by atoms with E-state index in [1.54, 1.807) is 20.8 Å². The van der Waals surface area contributed by atoms with E-state index < -0.39 is 11.7 Å². The number of hydrogen-bond donors (Lipinski definition) is 2. The summed E-state index contributed by atoms with van der Waals surface area (Å²) < 4.78 is 10.6. The molecule has 0 spiro atoms. The Kier molecular flexibility index (Phi) is 7.58. The average molecular weight is 488 g/mol. The highest BCUT2D eigenvalue weighted by molar-refractivity contribution is 6.01. The number of benzene rings is 2. The lowest BCUT2D eigenvalue weighted by atomic mass is 9.88. The topological polar surface area (TPSA) is 107 Å². The van der Waals surface area contributed by atoms with Gasteiger partial charge in [-0.05, 0) is 63.3 Å². The van der Waals surface area contributed by atoms with Gasteiger partial charge in [-0.25, -0.2) is 4.79 Å². The van der Waals surface area contributed by atoms with E-state index in [2.05, 4.69) is 15.0 Å². The number of aromatic nitrogens is 1. The second-order valence-electron chi connectivity index (χ2n) is 10.1. The summed E-state index contributed by atoms with van der Waals surface area (Å²) in [6, 6.07) is 16.0. The van der Waals surface area contributed by atoms with E-state index in [1.165, 1.54) is 6.42 Å². The molecule has 1 aliphatic rings. The molecule has 188 valence electrons. The minimum Gasteiger partial charge on any atom is -0.456 e. The number of rotatable bonds is 3. The van der Waals surface area contributed by atoms with Gasteiger partial charge in [0, 0.05) is 40.3 Å². The van der Waals surface area contributed by atoms with Gasteiger partial charge in [-0.3, -0.25) is 9.78 Å². The van der Waals surface area contributed by atoms with Crippen LogP contribution in [0, 0.1) is 5.92 Å². The average Bonchev–Trinajstić information content (AvgIpc) is 3.27. The third-order valence-electron chi connectivity index (χ3n) is 6.10. The maximum absolute atomic E-state index is 12.6. The Morgan fingerprint density at radius 2 is 1.75 bits per heavy atom. The number of fused-ring (bicyclic) bond motifs is 2. The van der Waals surface area contributed by atoms with E-state index in [4.69, 9.17) is 10.2 Å². The van der Waals surface area contributed by atoms with Gasteiger partial charge in [-0.1, -0.05) is 43.5 Å². The zero-order chi connectivity index (χ0) is 25.7. The molecule has 3 N–H and O–H groups in total. The second-order valence-corrected chi connectivity index (χ2v) is 10.1. The molecule has 7 heteroatoms. The van der Waals surface area contributed by atoms with Gasteiger partial charge in [0.2, 0.25) is 5.91 Å². The summed E-state index contributed by atoms with van der Waals surface area (Å²) in [5.74, 6) is 1.06. The number of nitrogens with zero attached hydrogens (tertiary/aromatic N) is 1. The number of para-hydroxylation sites is 1. The lowest BCUT2D eigenvalue weighted by Crippen LogP contribution is -2.27. The zero-order valence-corrected chi connectivity index (χ0v) is 21.0. The highest BCUT2D eigenvalue weighted by Crippen LogP contribution is 2.34. The number of nitrogens with one attached hydrogen (secondary N) is 1. The van der Waals surface area contributed by atoms with Crippen molar-refractivity contribution in [2.75, 3.05) is 5.32 Å². The number of nitrogens with two attached hydrogens (primary N) is 1.